The number of likely N-dealkylation sites (tertiary alicyclic amines) is 1. The fraction of sp³-hybridized carbons (Fsp3) is 0.381. The molecule has 1 unspecified atom stereocenters. The maximum atomic E-state index is 12.0. The Morgan fingerprint density at radius 3 is 2.12 bits per heavy atom. The summed E-state index contributed by atoms with van der Waals surface area (Å²) in [5.41, 5.74) is 1.20. The van der Waals surface area contributed by atoms with Crippen LogP contribution in [0.1, 0.15) is 24.0 Å². The Morgan fingerprint density at radius 1 is 1.00 bits per heavy atom. The van der Waals surface area contributed by atoms with E-state index in [-0.39, 0.29) is 0 Å². The predicted octanol–water partition coefficient (Wildman–Crippen LogP) is 2.71. The number of carboxylic acid groups (broad SMARTS) is 1. The van der Waals surface area contributed by atoms with Crippen LogP contribution in [0.2, 0.25) is 0 Å². The van der Waals surface area contributed by atoms with Crippen LogP contribution in [-0.4, -0.2) is 46.8 Å². The minimum absolute atomic E-state index is 0.434. The molecule has 2 aromatic carbocycles. The second kappa shape index (κ2) is 7.81. The quantitative estimate of drug-likeness (QED) is 0.849. The molecule has 0 bridgehead atoms. The van der Waals surface area contributed by atoms with Crippen LogP contribution in [0.25, 0.3) is 0 Å². The van der Waals surface area contributed by atoms with Gasteiger partial charge in [-0.3, -0.25) is 4.79 Å². The number of aliphatic hydroxyl groups is 1. The molecule has 0 saturated carbocycles. The van der Waals surface area contributed by atoms with Gasteiger partial charge in [0.2, 0.25) is 0 Å². The molecular weight excluding hydrogens is 314 g/mol. The molecule has 132 valence electrons. The van der Waals surface area contributed by atoms with Gasteiger partial charge in [0.1, 0.15) is 0 Å². The molecule has 4 heteroatoms. The number of piperidine rings is 1. The topological polar surface area (TPSA) is 60.8 Å². The third-order valence-electron chi connectivity index (χ3n) is 5.23. The lowest BCUT2D eigenvalue weighted by Gasteiger charge is -2.39. The highest BCUT2D eigenvalue weighted by Gasteiger charge is 2.43. The zero-order valence-corrected chi connectivity index (χ0v) is 14.3. The van der Waals surface area contributed by atoms with E-state index in [0.717, 1.165) is 11.1 Å². The SMILES string of the molecule is O=C(O)C1(c2ccccc2)CCN(CC(O)Cc2ccccc2)CC1. The van der Waals surface area contributed by atoms with E-state index < -0.39 is 17.5 Å². The Bertz CT molecular complexity index is 679. The van der Waals surface area contributed by atoms with Gasteiger partial charge in [-0.15, -0.1) is 0 Å². The molecule has 0 aromatic heterocycles. The molecule has 2 N–H and O–H groups in total. The Morgan fingerprint density at radius 2 is 1.56 bits per heavy atom. The molecule has 1 saturated heterocycles. The summed E-state index contributed by atoms with van der Waals surface area (Å²) in [6, 6.07) is 19.5. The first-order valence-electron chi connectivity index (χ1n) is 8.83. The average molecular weight is 339 g/mol. The molecule has 3 rings (SSSR count). The van der Waals surface area contributed by atoms with Crippen molar-refractivity contribution in [3.8, 4) is 0 Å². The largest absolute Gasteiger partial charge is 0.481 e. The second-order valence-electron chi connectivity index (χ2n) is 6.90. The number of benzene rings is 2. The zero-order chi connectivity index (χ0) is 17.7. The summed E-state index contributed by atoms with van der Waals surface area (Å²) in [5, 5.41) is 20.2. The highest BCUT2D eigenvalue weighted by atomic mass is 16.4. The lowest BCUT2D eigenvalue weighted by Crippen LogP contribution is -2.49. The fourth-order valence-electron chi connectivity index (χ4n) is 3.75. The number of aliphatic hydroxyl groups excluding tert-OH is 1. The van der Waals surface area contributed by atoms with E-state index in [2.05, 4.69) is 4.90 Å². The van der Waals surface area contributed by atoms with Gasteiger partial charge in [-0.1, -0.05) is 60.7 Å². The number of hydrogen-bond acceptors (Lipinski definition) is 3. The van der Waals surface area contributed by atoms with Gasteiger partial charge in [0.15, 0.2) is 0 Å². The number of nitrogens with zero attached hydrogens (tertiary/aromatic N) is 1. The number of hydrogen-bond donors (Lipinski definition) is 2. The fourth-order valence-corrected chi connectivity index (χ4v) is 3.75. The zero-order valence-electron chi connectivity index (χ0n) is 14.3. The molecule has 0 radical (unpaired) electrons. The van der Waals surface area contributed by atoms with Gasteiger partial charge in [-0.25, -0.2) is 0 Å². The van der Waals surface area contributed by atoms with Crippen molar-refractivity contribution in [1.29, 1.82) is 0 Å². The summed E-state index contributed by atoms with van der Waals surface area (Å²) in [4.78, 5) is 14.2. The molecule has 1 atom stereocenters. The predicted molar refractivity (Wildman–Crippen MR) is 97.6 cm³/mol. The Balaban J connectivity index is 1.60. The van der Waals surface area contributed by atoms with Crippen LogP contribution in [0.5, 0.6) is 0 Å². The summed E-state index contributed by atoms with van der Waals surface area (Å²) < 4.78 is 0. The van der Waals surface area contributed by atoms with Crippen LogP contribution < -0.4 is 0 Å². The molecule has 4 nitrogen and oxygen atoms in total. The van der Waals surface area contributed by atoms with Crippen molar-refractivity contribution in [2.45, 2.75) is 30.8 Å². The van der Waals surface area contributed by atoms with Gasteiger partial charge < -0.3 is 15.1 Å². The minimum atomic E-state index is -0.803. The average Bonchev–Trinajstić information content (AvgIpc) is 2.64. The van der Waals surface area contributed by atoms with Crippen LogP contribution in [0, 0.1) is 0 Å². The Labute approximate surface area is 148 Å². The molecule has 25 heavy (non-hydrogen) atoms. The molecule has 1 fully saturated rings. The standard InChI is InChI=1S/C21H25NO3/c23-19(15-17-7-3-1-4-8-17)16-22-13-11-21(12-14-22,20(24)25)18-9-5-2-6-10-18/h1-10,19,23H,11-16H2,(H,24,25). The van der Waals surface area contributed by atoms with E-state index in [1.807, 2.05) is 60.7 Å². The molecule has 1 heterocycles. The third-order valence-corrected chi connectivity index (χ3v) is 5.23. The van der Waals surface area contributed by atoms with Crippen LogP contribution in [0.4, 0.5) is 0 Å². The highest BCUT2D eigenvalue weighted by Crippen LogP contribution is 2.35. The van der Waals surface area contributed by atoms with Gasteiger partial charge >= 0.3 is 5.97 Å². The summed E-state index contributed by atoms with van der Waals surface area (Å²) in [7, 11) is 0. The number of carbonyl (C=O) groups is 1. The van der Waals surface area contributed by atoms with Gasteiger partial charge in [0.25, 0.3) is 0 Å². The lowest BCUT2D eigenvalue weighted by atomic mass is 9.73. The monoisotopic (exact) mass is 339 g/mol. The van der Waals surface area contributed by atoms with Crippen LogP contribution in [0.15, 0.2) is 60.7 Å². The Hall–Kier alpha value is -2.17. The molecular formula is C21H25NO3. The number of carboxylic acids is 1. The first kappa shape index (κ1) is 17.6. The second-order valence-corrected chi connectivity index (χ2v) is 6.90. The van der Waals surface area contributed by atoms with E-state index in [1.165, 1.54) is 0 Å². The maximum absolute atomic E-state index is 12.0. The first-order valence-corrected chi connectivity index (χ1v) is 8.83. The summed E-state index contributed by atoms with van der Waals surface area (Å²) >= 11 is 0. The summed E-state index contributed by atoms with van der Waals surface area (Å²) in [5.74, 6) is -0.747. The van der Waals surface area contributed by atoms with Crippen LogP contribution >= 0.6 is 0 Å². The molecule has 2 aromatic rings. The van der Waals surface area contributed by atoms with Crippen molar-refractivity contribution >= 4 is 5.97 Å². The van der Waals surface area contributed by atoms with Crippen LogP contribution in [0.3, 0.4) is 0 Å². The third kappa shape index (κ3) is 4.09. The molecule has 0 amide bonds. The van der Waals surface area contributed by atoms with Crippen molar-refractivity contribution < 1.29 is 15.0 Å². The maximum Gasteiger partial charge on any atom is 0.314 e. The van der Waals surface area contributed by atoms with Crippen LogP contribution in [-0.2, 0) is 16.6 Å². The first-order chi connectivity index (χ1) is 12.1. The van der Waals surface area contributed by atoms with E-state index >= 15 is 0 Å². The molecule has 0 aliphatic carbocycles. The highest BCUT2D eigenvalue weighted by molar-refractivity contribution is 5.81. The van der Waals surface area contributed by atoms with Crippen molar-refractivity contribution in [3.63, 3.8) is 0 Å². The smallest absolute Gasteiger partial charge is 0.314 e. The summed E-state index contributed by atoms with van der Waals surface area (Å²) in [6.45, 7) is 1.96. The number of β-amino-alcohol motifs (C(OH)–C–C–N with tert-alkyl or cyclic N) is 1. The van der Waals surface area contributed by atoms with Crippen molar-refractivity contribution in [3.05, 3.63) is 71.8 Å². The number of rotatable bonds is 6. The van der Waals surface area contributed by atoms with Gasteiger partial charge in [-0.2, -0.15) is 0 Å². The van der Waals surface area contributed by atoms with Crippen molar-refractivity contribution in [2.75, 3.05) is 19.6 Å². The molecule has 1 aliphatic heterocycles. The van der Waals surface area contributed by atoms with Gasteiger partial charge in [0.05, 0.1) is 11.5 Å². The van der Waals surface area contributed by atoms with E-state index in [9.17, 15) is 15.0 Å². The van der Waals surface area contributed by atoms with Crippen molar-refractivity contribution in [2.24, 2.45) is 0 Å². The minimum Gasteiger partial charge on any atom is -0.481 e. The molecule has 1 aliphatic rings. The number of aliphatic carboxylic acids is 1. The van der Waals surface area contributed by atoms with Gasteiger partial charge in [-0.05, 0) is 43.5 Å². The lowest BCUT2D eigenvalue weighted by molar-refractivity contribution is -0.146. The normalized spacial score (nSPS) is 18.6. The summed E-state index contributed by atoms with van der Waals surface area (Å²) in [6.07, 6.45) is 1.34. The van der Waals surface area contributed by atoms with E-state index in [0.29, 0.717) is 38.9 Å². The van der Waals surface area contributed by atoms with Gasteiger partial charge in [0, 0.05) is 6.54 Å². The van der Waals surface area contributed by atoms with Crippen molar-refractivity contribution in [1.82, 2.24) is 4.90 Å². The van der Waals surface area contributed by atoms with E-state index in [4.69, 9.17) is 0 Å². The van der Waals surface area contributed by atoms with E-state index in [1.54, 1.807) is 0 Å². The molecule has 0 spiro atoms. The Kier molecular flexibility index (Phi) is 5.51.